The van der Waals surface area contributed by atoms with Crippen molar-refractivity contribution in [3.8, 4) is 11.5 Å². The number of methoxy groups -OCH3 is 2. The second-order valence-electron chi connectivity index (χ2n) is 9.81. The number of nitrogens with zero attached hydrogens (tertiary/aromatic N) is 2. The third kappa shape index (κ3) is 9.12. The number of sulfonamides is 1. The summed E-state index contributed by atoms with van der Waals surface area (Å²) < 4.78 is 37.9. The van der Waals surface area contributed by atoms with Crippen LogP contribution in [0.15, 0.2) is 72.8 Å². The number of benzene rings is 3. The summed E-state index contributed by atoms with van der Waals surface area (Å²) in [6, 6.07) is 20.2. The van der Waals surface area contributed by atoms with Gasteiger partial charge in [0.2, 0.25) is 21.8 Å². The van der Waals surface area contributed by atoms with Gasteiger partial charge < -0.3 is 19.7 Å². The van der Waals surface area contributed by atoms with Gasteiger partial charge >= 0.3 is 0 Å². The molecule has 1 atom stereocenters. The summed E-state index contributed by atoms with van der Waals surface area (Å²) in [5.41, 5.74) is 1.69. The molecule has 9 nitrogen and oxygen atoms in total. The molecule has 226 valence electrons. The molecule has 11 heteroatoms. The Labute approximate surface area is 253 Å². The van der Waals surface area contributed by atoms with E-state index in [1.165, 1.54) is 25.2 Å². The van der Waals surface area contributed by atoms with E-state index in [0.29, 0.717) is 22.9 Å². The van der Waals surface area contributed by atoms with Crippen molar-refractivity contribution >= 4 is 39.1 Å². The molecule has 0 radical (unpaired) electrons. The van der Waals surface area contributed by atoms with E-state index in [-0.39, 0.29) is 30.3 Å². The zero-order valence-electron chi connectivity index (χ0n) is 24.4. The molecule has 0 spiro atoms. The number of amides is 2. The van der Waals surface area contributed by atoms with Gasteiger partial charge in [0.15, 0.2) is 0 Å². The third-order valence-electron chi connectivity index (χ3n) is 6.68. The smallest absolute Gasteiger partial charge is 0.244 e. The lowest BCUT2D eigenvalue weighted by Gasteiger charge is -2.33. The van der Waals surface area contributed by atoms with Crippen molar-refractivity contribution in [3.05, 3.63) is 88.9 Å². The lowest BCUT2D eigenvalue weighted by molar-refractivity contribution is -0.140. The number of hydrogen-bond donors (Lipinski definition) is 1. The second kappa shape index (κ2) is 15.5. The SMILES string of the molecule is CCCCNC(=O)[C@H](Cc1ccccc1)N(Cc1cccc(Cl)c1)C(=O)CN(c1cc(OC)ccc1OC)S(C)(=O)=O. The molecule has 2 amide bonds. The van der Waals surface area contributed by atoms with E-state index in [1.807, 2.05) is 37.3 Å². The van der Waals surface area contributed by atoms with Gasteiger partial charge in [0.25, 0.3) is 0 Å². The molecule has 0 aliphatic carbocycles. The summed E-state index contributed by atoms with van der Waals surface area (Å²) in [6.07, 6.45) is 2.91. The van der Waals surface area contributed by atoms with E-state index in [9.17, 15) is 18.0 Å². The number of unbranched alkanes of at least 4 members (excludes halogenated alkanes) is 1. The first-order valence-corrected chi connectivity index (χ1v) is 15.8. The summed E-state index contributed by atoms with van der Waals surface area (Å²) in [5.74, 6) is -0.266. The molecular weight excluding hydrogens is 578 g/mol. The fourth-order valence-electron chi connectivity index (χ4n) is 4.48. The van der Waals surface area contributed by atoms with E-state index in [1.54, 1.807) is 36.4 Å². The van der Waals surface area contributed by atoms with Crippen molar-refractivity contribution in [1.29, 1.82) is 0 Å². The fourth-order valence-corrected chi connectivity index (χ4v) is 5.54. The van der Waals surface area contributed by atoms with Gasteiger partial charge in [-0.25, -0.2) is 8.42 Å². The van der Waals surface area contributed by atoms with E-state index in [2.05, 4.69) is 5.32 Å². The van der Waals surface area contributed by atoms with Gasteiger partial charge in [0, 0.05) is 30.6 Å². The Kier molecular flexibility index (Phi) is 12.1. The lowest BCUT2D eigenvalue weighted by atomic mass is 10.0. The van der Waals surface area contributed by atoms with Crippen molar-refractivity contribution in [2.24, 2.45) is 0 Å². The number of anilines is 1. The van der Waals surface area contributed by atoms with Crippen molar-refractivity contribution in [2.45, 2.75) is 38.8 Å². The first-order valence-electron chi connectivity index (χ1n) is 13.6. The van der Waals surface area contributed by atoms with Crippen LogP contribution in [0, 0.1) is 0 Å². The molecule has 3 rings (SSSR count). The van der Waals surface area contributed by atoms with E-state index in [4.69, 9.17) is 21.1 Å². The third-order valence-corrected chi connectivity index (χ3v) is 8.04. The van der Waals surface area contributed by atoms with Crippen molar-refractivity contribution in [2.75, 3.05) is 37.9 Å². The molecule has 1 N–H and O–H groups in total. The van der Waals surface area contributed by atoms with Crippen molar-refractivity contribution in [3.63, 3.8) is 0 Å². The minimum Gasteiger partial charge on any atom is -0.497 e. The van der Waals surface area contributed by atoms with Crippen molar-refractivity contribution < 1.29 is 27.5 Å². The van der Waals surface area contributed by atoms with Gasteiger partial charge in [-0.15, -0.1) is 0 Å². The van der Waals surface area contributed by atoms with Crippen LogP contribution in [0.5, 0.6) is 11.5 Å². The van der Waals surface area contributed by atoms with Gasteiger partial charge in [-0.1, -0.05) is 67.4 Å². The van der Waals surface area contributed by atoms with Gasteiger partial charge in [-0.2, -0.15) is 0 Å². The van der Waals surface area contributed by atoms with Gasteiger partial charge in [0.1, 0.15) is 24.1 Å². The Bertz CT molecular complexity index is 1450. The Balaban J connectivity index is 2.09. The van der Waals surface area contributed by atoms with Crippen molar-refractivity contribution in [1.82, 2.24) is 10.2 Å². The predicted molar refractivity (Wildman–Crippen MR) is 166 cm³/mol. The van der Waals surface area contributed by atoms with Crippen LogP contribution >= 0.6 is 11.6 Å². The van der Waals surface area contributed by atoms with Gasteiger partial charge in [0.05, 0.1) is 26.2 Å². The summed E-state index contributed by atoms with van der Waals surface area (Å²) in [5, 5.41) is 3.44. The number of carbonyl (C=O) groups is 2. The quantitative estimate of drug-likeness (QED) is 0.249. The maximum absolute atomic E-state index is 14.2. The van der Waals surface area contributed by atoms with Crippen LogP contribution in [0.25, 0.3) is 0 Å². The van der Waals surface area contributed by atoms with Crippen LogP contribution in [0.3, 0.4) is 0 Å². The Hall–Kier alpha value is -3.76. The fraction of sp³-hybridized carbons (Fsp3) is 0.355. The van der Waals surface area contributed by atoms with Crippen LogP contribution in [0.1, 0.15) is 30.9 Å². The normalized spacial score (nSPS) is 11.8. The van der Waals surface area contributed by atoms with Gasteiger partial charge in [-0.3, -0.25) is 13.9 Å². The molecule has 0 aliphatic rings. The number of rotatable bonds is 15. The zero-order valence-corrected chi connectivity index (χ0v) is 26.0. The van der Waals surface area contributed by atoms with E-state index >= 15 is 0 Å². The molecule has 0 aromatic heterocycles. The molecule has 0 saturated heterocycles. The van der Waals surface area contributed by atoms with E-state index < -0.39 is 28.5 Å². The average Bonchev–Trinajstić information content (AvgIpc) is 2.97. The van der Waals surface area contributed by atoms with Crippen LogP contribution in [0.4, 0.5) is 5.69 Å². The topological polar surface area (TPSA) is 105 Å². The first kappa shape index (κ1) is 32.8. The molecule has 0 heterocycles. The number of nitrogens with one attached hydrogen (secondary N) is 1. The summed E-state index contributed by atoms with van der Waals surface area (Å²) in [6.45, 7) is 1.94. The Morgan fingerprint density at radius 2 is 1.67 bits per heavy atom. The standard InChI is InChI=1S/C31H38ClN3O6S/c1-5-6-17-33-31(37)28(19-23-11-8-7-9-12-23)34(21-24-13-10-14-25(32)18-24)30(36)22-35(42(4,38)39)27-20-26(40-2)15-16-29(27)41-3/h7-16,18,20,28H,5-6,17,19,21-22H2,1-4H3,(H,33,37)/t28-/m0/s1. The number of carbonyl (C=O) groups excluding carboxylic acids is 2. The predicted octanol–water partition coefficient (Wildman–Crippen LogP) is 4.68. The largest absolute Gasteiger partial charge is 0.497 e. The molecular formula is C31H38ClN3O6S. The van der Waals surface area contributed by atoms with Crippen LogP contribution in [0.2, 0.25) is 5.02 Å². The number of halogens is 1. The molecule has 3 aromatic carbocycles. The highest BCUT2D eigenvalue weighted by atomic mass is 35.5. The van der Waals surface area contributed by atoms with Crippen LogP contribution in [-0.2, 0) is 32.6 Å². The summed E-state index contributed by atoms with van der Waals surface area (Å²) >= 11 is 6.25. The minimum atomic E-state index is -3.98. The maximum Gasteiger partial charge on any atom is 0.244 e. The van der Waals surface area contributed by atoms with E-state index in [0.717, 1.165) is 29.0 Å². The molecule has 0 saturated carbocycles. The second-order valence-corrected chi connectivity index (χ2v) is 12.2. The highest BCUT2D eigenvalue weighted by Gasteiger charge is 2.33. The number of hydrogen-bond acceptors (Lipinski definition) is 6. The zero-order chi connectivity index (χ0) is 30.7. The van der Waals surface area contributed by atoms with Crippen LogP contribution < -0.4 is 19.1 Å². The molecule has 42 heavy (non-hydrogen) atoms. The number of ether oxygens (including phenoxy) is 2. The Morgan fingerprint density at radius 1 is 0.952 bits per heavy atom. The Morgan fingerprint density at radius 3 is 2.29 bits per heavy atom. The highest BCUT2D eigenvalue weighted by Crippen LogP contribution is 2.34. The minimum absolute atomic E-state index is 0.0327. The first-order chi connectivity index (χ1) is 20.1. The monoisotopic (exact) mass is 615 g/mol. The highest BCUT2D eigenvalue weighted by molar-refractivity contribution is 7.92. The maximum atomic E-state index is 14.2. The average molecular weight is 616 g/mol. The summed E-state index contributed by atoms with van der Waals surface area (Å²) in [4.78, 5) is 29.3. The molecule has 3 aromatic rings. The van der Waals surface area contributed by atoms with Gasteiger partial charge in [-0.05, 0) is 41.8 Å². The molecule has 0 unspecified atom stereocenters. The summed E-state index contributed by atoms with van der Waals surface area (Å²) in [7, 11) is -1.11. The van der Waals surface area contributed by atoms with Crippen LogP contribution in [-0.4, -0.2) is 64.7 Å². The molecule has 0 fully saturated rings. The molecule has 0 aliphatic heterocycles. The molecule has 0 bridgehead atoms. The lowest BCUT2D eigenvalue weighted by Crippen LogP contribution is -2.53.